The van der Waals surface area contributed by atoms with E-state index in [9.17, 15) is 9.59 Å². The molecule has 0 aliphatic carbocycles. The van der Waals surface area contributed by atoms with Crippen molar-refractivity contribution in [2.45, 2.75) is 18.4 Å². The zero-order chi connectivity index (χ0) is 17.4. The van der Waals surface area contributed by atoms with E-state index in [1.54, 1.807) is 36.3 Å². The number of hydrogen-bond donors (Lipinski definition) is 0. The Morgan fingerprint density at radius 2 is 2.04 bits per heavy atom. The van der Waals surface area contributed by atoms with Crippen LogP contribution < -0.4 is 4.74 Å². The van der Waals surface area contributed by atoms with E-state index in [0.29, 0.717) is 30.0 Å². The first-order valence-electron chi connectivity index (χ1n) is 8.39. The Bertz CT molecular complexity index is 847. The fourth-order valence-corrected chi connectivity index (χ4v) is 3.78. The van der Waals surface area contributed by atoms with Crippen LogP contribution in [0.5, 0.6) is 5.75 Å². The molecule has 0 radical (unpaired) electrons. The normalized spacial score (nSPS) is 21.8. The molecule has 5 nitrogen and oxygen atoms in total. The maximum atomic E-state index is 12.9. The molecule has 2 aromatic carbocycles. The smallest absolute Gasteiger partial charge is 0.339 e. The van der Waals surface area contributed by atoms with Crippen LogP contribution in [0.4, 0.5) is 0 Å². The summed E-state index contributed by atoms with van der Waals surface area (Å²) in [4.78, 5) is 26.9. The Morgan fingerprint density at radius 3 is 2.88 bits per heavy atom. The Balaban J connectivity index is 1.64. The molecule has 2 aliphatic heterocycles. The molecule has 1 spiro atoms. The van der Waals surface area contributed by atoms with Crippen LogP contribution in [-0.2, 0) is 10.3 Å². The fourth-order valence-electron chi connectivity index (χ4n) is 3.78. The van der Waals surface area contributed by atoms with E-state index >= 15 is 0 Å². The van der Waals surface area contributed by atoms with Crippen molar-refractivity contribution in [2.24, 2.45) is 0 Å². The Morgan fingerprint density at radius 1 is 1.20 bits per heavy atom. The summed E-state index contributed by atoms with van der Waals surface area (Å²) in [5.41, 5.74) is 1.36. The molecule has 0 aromatic heterocycles. The van der Waals surface area contributed by atoms with Crippen LogP contribution in [0.2, 0.25) is 0 Å². The van der Waals surface area contributed by atoms with Crippen LogP contribution >= 0.6 is 0 Å². The van der Waals surface area contributed by atoms with Crippen molar-refractivity contribution in [1.82, 2.24) is 4.90 Å². The van der Waals surface area contributed by atoms with Gasteiger partial charge >= 0.3 is 5.97 Å². The molecule has 1 amide bonds. The molecule has 2 aromatic rings. The molecular weight excluding hydrogens is 318 g/mol. The zero-order valence-corrected chi connectivity index (χ0v) is 14.0. The predicted octanol–water partition coefficient (Wildman–Crippen LogP) is 3.00. The molecule has 0 N–H and O–H groups in total. The number of piperidine rings is 1. The Hall–Kier alpha value is -2.82. The average Bonchev–Trinajstić information content (AvgIpc) is 2.93. The van der Waals surface area contributed by atoms with Gasteiger partial charge in [-0.25, -0.2) is 4.79 Å². The molecule has 1 saturated heterocycles. The minimum atomic E-state index is -0.722. The quantitative estimate of drug-likeness (QED) is 0.791. The predicted molar refractivity (Wildman–Crippen MR) is 91.7 cm³/mol. The fraction of sp³-hybridized carbons (Fsp3) is 0.300. The van der Waals surface area contributed by atoms with E-state index in [1.807, 2.05) is 24.3 Å². The number of ether oxygens (including phenoxy) is 2. The maximum absolute atomic E-state index is 12.9. The van der Waals surface area contributed by atoms with E-state index in [-0.39, 0.29) is 11.9 Å². The summed E-state index contributed by atoms with van der Waals surface area (Å²) in [5, 5.41) is 0. The third kappa shape index (κ3) is 2.56. The Kier molecular flexibility index (Phi) is 3.71. The first-order valence-corrected chi connectivity index (χ1v) is 8.39. The van der Waals surface area contributed by atoms with Gasteiger partial charge in [0.2, 0.25) is 0 Å². The third-order valence-corrected chi connectivity index (χ3v) is 4.98. The molecule has 4 rings (SSSR count). The number of amides is 1. The number of esters is 1. The average molecular weight is 337 g/mol. The summed E-state index contributed by atoms with van der Waals surface area (Å²) in [5.74, 6) is 0.278. The lowest BCUT2D eigenvalue weighted by Gasteiger charge is -2.39. The van der Waals surface area contributed by atoms with E-state index in [4.69, 9.17) is 9.47 Å². The summed E-state index contributed by atoms with van der Waals surface area (Å²) in [6.07, 6.45) is 1.52. The monoisotopic (exact) mass is 337 g/mol. The molecule has 0 bridgehead atoms. The number of carbonyl (C=O) groups is 2. The van der Waals surface area contributed by atoms with Crippen LogP contribution in [0.15, 0.2) is 48.5 Å². The van der Waals surface area contributed by atoms with Gasteiger partial charge in [0.15, 0.2) is 5.60 Å². The number of fused-ring (bicyclic) bond motifs is 2. The van der Waals surface area contributed by atoms with Gasteiger partial charge in [0.25, 0.3) is 5.91 Å². The lowest BCUT2D eigenvalue weighted by Crippen LogP contribution is -2.48. The Labute approximate surface area is 146 Å². The zero-order valence-electron chi connectivity index (χ0n) is 14.0. The van der Waals surface area contributed by atoms with Crippen LogP contribution in [0.25, 0.3) is 0 Å². The number of nitrogens with zero attached hydrogens (tertiary/aromatic N) is 1. The van der Waals surface area contributed by atoms with Crippen molar-refractivity contribution in [3.63, 3.8) is 0 Å². The highest BCUT2D eigenvalue weighted by Crippen LogP contribution is 2.43. The molecule has 1 atom stereocenters. The molecule has 1 fully saturated rings. The largest absolute Gasteiger partial charge is 0.497 e. The summed E-state index contributed by atoms with van der Waals surface area (Å²) in [6, 6.07) is 14.6. The molecule has 2 aliphatic rings. The molecule has 5 heteroatoms. The number of rotatable bonds is 2. The van der Waals surface area contributed by atoms with Gasteiger partial charge in [-0.2, -0.15) is 0 Å². The van der Waals surface area contributed by atoms with E-state index in [2.05, 4.69) is 0 Å². The highest BCUT2D eigenvalue weighted by molar-refractivity contribution is 5.96. The number of methoxy groups -OCH3 is 1. The molecule has 25 heavy (non-hydrogen) atoms. The molecular formula is C20H19NO4. The lowest BCUT2D eigenvalue weighted by atomic mass is 9.85. The van der Waals surface area contributed by atoms with Gasteiger partial charge in [-0.3, -0.25) is 4.79 Å². The highest BCUT2D eigenvalue weighted by atomic mass is 16.6. The van der Waals surface area contributed by atoms with Crippen molar-refractivity contribution in [3.8, 4) is 5.75 Å². The second-order valence-corrected chi connectivity index (χ2v) is 6.49. The molecule has 0 unspecified atom stereocenters. The van der Waals surface area contributed by atoms with E-state index < -0.39 is 5.60 Å². The van der Waals surface area contributed by atoms with Crippen molar-refractivity contribution in [3.05, 3.63) is 65.2 Å². The highest BCUT2D eigenvalue weighted by Gasteiger charge is 2.48. The second-order valence-electron chi connectivity index (χ2n) is 6.49. The first kappa shape index (κ1) is 15.7. The summed E-state index contributed by atoms with van der Waals surface area (Å²) in [7, 11) is 1.58. The second kappa shape index (κ2) is 5.92. The van der Waals surface area contributed by atoms with Crippen LogP contribution in [0.3, 0.4) is 0 Å². The summed E-state index contributed by atoms with van der Waals surface area (Å²) in [6.45, 7) is 1.03. The van der Waals surface area contributed by atoms with Gasteiger partial charge in [-0.1, -0.05) is 24.3 Å². The van der Waals surface area contributed by atoms with Crippen molar-refractivity contribution >= 4 is 11.9 Å². The van der Waals surface area contributed by atoms with Gasteiger partial charge in [-0.05, 0) is 37.1 Å². The first-order chi connectivity index (χ1) is 12.1. The number of carbonyl (C=O) groups excluding carboxylic acids is 2. The third-order valence-electron chi connectivity index (χ3n) is 4.98. The summed E-state index contributed by atoms with van der Waals surface area (Å²) >= 11 is 0. The van der Waals surface area contributed by atoms with Gasteiger partial charge in [0, 0.05) is 17.7 Å². The SMILES string of the molecule is COc1cccc(C(=O)N2CCC[C@]3(C2)OC(=O)c2ccccc23)c1. The molecule has 0 saturated carbocycles. The summed E-state index contributed by atoms with van der Waals surface area (Å²) < 4.78 is 11.0. The minimum Gasteiger partial charge on any atom is -0.497 e. The standard InChI is InChI=1S/C20H19NO4/c1-24-15-7-4-6-14(12-15)18(22)21-11-5-10-20(13-21)17-9-3-2-8-16(17)19(23)25-20/h2-4,6-9,12H,5,10-11,13H2,1H3/t20-/m1/s1. The van der Waals surface area contributed by atoms with Crippen LogP contribution in [0, 0.1) is 0 Å². The van der Waals surface area contributed by atoms with E-state index in [0.717, 1.165) is 18.4 Å². The van der Waals surface area contributed by atoms with Gasteiger partial charge in [-0.15, -0.1) is 0 Å². The van der Waals surface area contributed by atoms with Gasteiger partial charge in [0.1, 0.15) is 5.75 Å². The van der Waals surface area contributed by atoms with Crippen molar-refractivity contribution in [2.75, 3.05) is 20.2 Å². The number of benzene rings is 2. The number of hydrogen-bond acceptors (Lipinski definition) is 4. The van der Waals surface area contributed by atoms with Crippen molar-refractivity contribution in [1.29, 1.82) is 0 Å². The molecule has 128 valence electrons. The molecule has 2 heterocycles. The van der Waals surface area contributed by atoms with Crippen LogP contribution in [-0.4, -0.2) is 37.0 Å². The van der Waals surface area contributed by atoms with Crippen LogP contribution in [0.1, 0.15) is 39.1 Å². The van der Waals surface area contributed by atoms with Crippen molar-refractivity contribution < 1.29 is 19.1 Å². The maximum Gasteiger partial charge on any atom is 0.339 e. The van der Waals surface area contributed by atoms with E-state index in [1.165, 1.54) is 0 Å². The van der Waals surface area contributed by atoms with Gasteiger partial charge < -0.3 is 14.4 Å². The topological polar surface area (TPSA) is 55.8 Å². The van der Waals surface area contributed by atoms with Gasteiger partial charge in [0.05, 0.1) is 19.2 Å². The minimum absolute atomic E-state index is 0.0709. The lowest BCUT2D eigenvalue weighted by molar-refractivity contribution is -0.0442. The number of likely N-dealkylation sites (tertiary alicyclic amines) is 1.